The zero-order chi connectivity index (χ0) is 36.2. The van der Waals surface area contributed by atoms with Crippen molar-refractivity contribution in [1.29, 1.82) is 10.5 Å². The molecular weight excluding hydrogens is 657 g/mol. The molecule has 0 saturated carbocycles. The maximum atomic E-state index is 10.1. The number of hydrogen-bond donors (Lipinski definition) is 0. The van der Waals surface area contributed by atoms with Gasteiger partial charge >= 0.3 is 0 Å². The molecule has 0 aliphatic carbocycles. The summed E-state index contributed by atoms with van der Waals surface area (Å²) in [5.41, 5.74) is 13.6. The van der Waals surface area contributed by atoms with Gasteiger partial charge in [-0.25, -0.2) is 0 Å². The van der Waals surface area contributed by atoms with E-state index in [1.807, 2.05) is 30.3 Å². The molecular formula is C50H30N4. The number of aromatic nitrogens is 2. The summed E-state index contributed by atoms with van der Waals surface area (Å²) in [4.78, 5) is 0. The van der Waals surface area contributed by atoms with Crippen molar-refractivity contribution in [2.45, 2.75) is 0 Å². The van der Waals surface area contributed by atoms with Gasteiger partial charge in [0.15, 0.2) is 0 Å². The molecule has 54 heavy (non-hydrogen) atoms. The number of nitrogens with zero attached hydrogens (tertiary/aromatic N) is 4. The highest BCUT2D eigenvalue weighted by Gasteiger charge is 2.22. The Kier molecular flexibility index (Phi) is 7.22. The molecule has 8 aromatic carbocycles. The molecule has 10 rings (SSSR count). The minimum atomic E-state index is 0.354. The lowest BCUT2D eigenvalue weighted by molar-refractivity contribution is 1.17. The fourth-order valence-electron chi connectivity index (χ4n) is 8.08. The van der Waals surface area contributed by atoms with Crippen molar-refractivity contribution in [1.82, 2.24) is 9.13 Å². The van der Waals surface area contributed by atoms with Crippen LogP contribution in [0.3, 0.4) is 0 Å². The average molecular weight is 687 g/mol. The van der Waals surface area contributed by atoms with E-state index in [-0.39, 0.29) is 0 Å². The van der Waals surface area contributed by atoms with Crippen LogP contribution in [0.1, 0.15) is 11.1 Å². The third-order valence-electron chi connectivity index (χ3n) is 10.6. The van der Waals surface area contributed by atoms with E-state index in [2.05, 4.69) is 167 Å². The van der Waals surface area contributed by atoms with Gasteiger partial charge in [-0.05, 0) is 94.5 Å². The molecule has 0 radical (unpaired) electrons. The molecule has 0 aliphatic heterocycles. The predicted molar refractivity (Wildman–Crippen MR) is 221 cm³/mol. The van der Waals surface area contributed by atoms with Crippen molar-refractivity contribution in [3.05, 3.63) is 193 Å². The van der Waals surface area contributed by atoms with Crippen LogP contribution < -0.4 is 0 Å². The number of rotatable bonds is 5. The maximum absolute atomic E-state index is 10.1. The highest BCUT2D eigenvalue weighted by atomic mass is 15.0. The normalized spacial score (nSPS) is 11.3. The first-order valence-corrected chi connectivity index (χ1v) is 18.0. The van der Waals surface area contributed by atoms with Gasteiger partial charge in [-0.3, -0.25) is 0 Å². The van der Waals surface area contributed by atoms with Gasteiger partial charge in [0.25, 0.3) is 0 Å². The Bertz CT molecular complexity index is 3060. The van der Waals surface area contributed by atoms with Crippen LogP contribution in [0.5, 0.6) is 0 Å². The Morgan fingerprint density at radius 2 is 0.852 bits per heavy atom. The molecule has 0 aliphatic rings. The molecule has 0 N–H and O–H groups in total. The summed E-state index contributed by atoms with van der Waals surface area (Å²) in [5, 5.41) is 24.6. The van der Waals surface area contributed by atoms with Gasteiger partial charge < -0.3 is 9.13 Å². The number of hydrogen-bond acceptors (Lipinski definition) is 2. The van der Waals surface area contributed by atoms with Gasteiger partial charge in [0, 0.05) is 32.8 Å². The van der Waals surface area contributed by atoms with Gasteiger partial charge in [0.1, 0.15) is 12.1 Å². The Morgan fingerprint density at radius 1 is 0.333 bits per heavy atom. The van der Waals surface area contributed by atoms with E-state index in [9.17, 15) is 10.5 Å². The van der Waals surface area contributed by atoms with Gasteiger partial charge in [-0.1, -0.05) is 115 Å². The van der Waals surface area contributed by atoms with E-state index in [0.717, 1.165) is 88.4 Å². The van der Waals surface area contributed by atoms with Crippen LogP contribution in [-0.4, -0.2) is 9.13 Å². The summed E-state index contributed by atoms with van der Waals surface area (Å²) >= 11 is 0. The van der Waals surface area contributed by atoms with Crippen molar-refractivity contribution in [2.75, 3.05) is 0 Å². The zero-order valence-corrected chi connectivity index (χ0v) is 29.1. The molecule has 0 fully saturated rings. The SMILES string of the molecule is N#Cc1ccc(-c2cc3c(cc2-n2c4ccc(-c5ccccc5)cc4c4cc(-c5ccccc5)ccc42)c2ccccc2n3-c2ccccc2)cc1C#N. The van der Waals surface area contributed by atoms with E-state index in [4.69, 9.17) is 0 Å². The summed E-state index contributed by atoms with van der Waals surface area (Å²) in [5.74, 6) is 0. The van der Waals surface area contributed by atoms with Gasteiger partial charge in [0.2, 0.25) is 0 Å². The van der Waals surface area contributed by atoms with Gasteiger partial charge in [-0.2, -0.15) is 10.5 Å². The van der Waals surface area contributed by atoms with E-state index in [0.29, 0.717) is 11.1 Å². The molecule has 2 aromatic heterocycles. The molecule has 4 heteroatoms. The first-order chi connectivity index (χ1) is 26.7. The standard InChI is InChI=1S/C50H30N4/c51-31-38-21-20-37(26-39(38)32-52)42-29-50-45(41-18-10-11-19-46(41)53(50)40-16-8-3-9-17-40)30-49(42)54-47-24-22-35(33-12-4-1-5-13-33)27-43(47)44-28-36(23-25-48(44)54)34-14-6-2-7-15-34/h1-30H. The molecule has 4 nitrogen and oxygen atoms in total. The second-order valence-electron chi connectivity index (χ2n) is 13.6. The first-order valence-electron chi connectivity index (χ1n) is 18.0. The topological polar surface area (TPSA) is 57.4 Å². The van der Waals surface area contributed by atoms with Crippen LogP contribution in [0, 0.1) is 22.7 Å². The van der Waals surface area contributed by atoms with Crippen LogP contribution in [0.4, 0.5) is 0 Å². The third-order valence-corrected chi connectivity index (χ3v) is 10.6. The third kappa shape index (κ3) is 4.90. The van der Waals surface area contributed by atoms with E-state index in [1.54, 1.807) is 6.07 Å². The van der Waals surface area contributed by atoms with Crippen molar-refractivity contribution in [3.63, 3.8) is 0 Å². The lowest BCUT2D eigenvalue weighted by Crippen LogP contribution is -2.00. The Labute approximate surface area is 312 Å². The lowest BCUT2D eigenvalue weighted by atomic mass is 9.97. The van der Waals surface area contributed by atoms with E-state index < -0.39 is 0 Å². The molecule has 2 heterocycles. The Balaban J connectivity index is 1.35. The molecule has 0 saturated heterocycles. The second kappa shape index (κ2) is 12.5. The second-order valence-corrected chi connectivity index (χ2v) is 13.6. The Hall–Kier alpha value is -7.66. The number of benzene rings is 8. The Morgan fingerprint density at radius 3 is 1.46 bits per heavy atom. The number of nitriles is 2. The number of fused-ring (bicyclic) bond motifs is 6. The highest BCUT2D eigenvalue weighted by molar-refractivity contribution is 6.15. The monoisotopic (exact) mass is 686 g/mol. The highest BCUT2D eigenvalue weighted by Crippen LogP contribution is 2.43. The zero-order valence-electron chi connectivity index (χ0n) is 29.1. The van der Waals surface area contributed by atoms with Crippen molar-refractivity contribution >= 4 is 43.6 Å². The maximum Gasteiger partial charge on any atom is 0.101 e. The smallest absolute Gasteiger partial charge is 0.101 e. The van der Waals surface area contributed by atoms with Gasteiger partial charge in [0.05, 0.1) is 38.9 Å². The molecule has 0 unspecified atom stereocenters. The molecule has 0 bridgehead atoms. The molecule has 0 spiro atoms. The largest absolute Gasteiger partial charge is 0.309 e. The summed E-state index contributed by atoms with van der Waals surface area (Å²) in [6.45, 7) is 0. The molecule has 10 aromatic rings. The summed E-state index contributed by atoms with van der Waals surface area (Å²) in [6.07, 6.45) is 0. The minimum Gasteiger partial charge on any atom is -0.309 e. The fraction of sp³-hybridized carbons (Fsp3) is 0. The quantitative estimate of drug-likeness (QED) is 0.181. The van der Waals surface area contributed by atoms with E-state index >= 15 is 0 Å². The first kappa shape index (κ1) is 31.1. The molecule has 0 amide bonds. The van der Waals surface area contributed by atoms with Crippen LogP contribution >= 0.6 is 0 Å². The van der Waals surface area contributed by atoms with Crippen molar-refractivity contribution < 1.29 is 0 Å². The summed E-state index contributed by atoms with van der Waals surface area (Å²) in [7, 11) is 0. The van der Waals surface area contributed by atoms with Crippen LogP contribution in [0.2, 0.25) is 0 Å². The lowest BCUT2D eigenvalue weighted by Gasteiger charge is -2.17. The molecule has 250 valence electrons. The van der Waals surface area contributed by atoms with Crippen molar-refractivity contribution in [2.24, 2.45) is 0 Å². The predicted octanol–water partition coefficient (Wildman–Crippen LogP) is 12.6. The fourth-order valence-corrected chi connectivity index (χ4v) is 8.08. The minimum absolute atomic E-state index is 0.354. The van der Waals surface area contributed by atoms with Crippen LogP contribution in [-0.2, 0) is 0 Å². The number of para-hydroxylation sites is 2. The van der Waals surface area contributed by atoms with E-state index in [1.165, 1.54) is 0 Å². The van der Waals surface area contributed by atoms with Crippen LogP contribution in [0.15, 0.2) is 182 Å². The summed E-state index contributed by atoms with van der Waals surface area (Å²) < 4.78 is 4.69. The molecule has 0 atom stereocenters. The van der Waals surface area contributed by atoms with Gasteiger partial charge in [-0.15, -0.1) is 0 Å². The summed E-state index contributed by atoms with van der Waals surface area (Å²) in [6, 6.07) is 68.2. The van der Waals surface area contributed by atoms with Crippen LogP contribution in [0.25, 0.3) is 88.4 Å². The van der Waals surface area contributed by atoms with Crippen molar-refractivity contribution in [3.8, 4) is 56.9 Å². The average Bonchev–Trinajstić information content (AvgIpc) is 3.75.